The van der Waals surface area contributed by atoms with Crippen molar-refractivity contribution in [3.63, 3.8) is 0 Å². The van der Waals surface area contributed by atoms with Crippen molar-refractivity contribution in [1.29, 1.82) is 0 Å². The fourth-order valence-electron chi connectivity index (χ4n) is 0.213. The van der Waals surface area contributed by atoms with Crippen LogP contribution in [0.3, 0.4) is 0 Å². The molecule has 0 spiro atoms. The molecule has 54 valence electrons. The Morgan fingerprint density at radius 1 is 1.56 bits per heavy atom. The van der Waals surface area contributed by atoms with Gasteiger partial charge in [-0.3, -0.25) is 0 Å². The molecule has 9 heavy (non-hydrogen) atoms. The minimum Gasteiger partial charge on any atom is -0.165 e. The van der Waals surface area contributed by atoms with Crippen LogP contribution in [0, 0.1) is 0 Å². The van der Waals surface area contributed by atoms with E-state index < -0.39 is 10.4 Å². The van der Waals surface area contributed by atoms with Gasteiger partial charge in [-0.1, -0.05) is 19.1 Å². The number of hydrogen-bond donors (Lipinski definition) is 0. The Kier molecular flexibility index (Phi) is 3.50. The average molecular weight is 174 g/mol. The van der Waals surface area contributed by atoms with E-state index in [1.165, 1.54) is 0 Å². The Bertz CT molecular complexity index is 107. The molecule has 0 aromatic carbocycles. The van der Waals surface area contributed by atoms with E-state index in [2.05, 4.69) is 12.2 Å². The third-order valence-electron chi connectivity index (χ3n) is 0.507. The second-order valence-corrected chi connectivity index (χ2v) is 3.16. The molecule has 0 aromatic heterocycles. The van der Waals surface area contributed by atoms with Crippen molar-refractivity contribution in [3.8, 4) is 0 Å². The number of thiocarbonyl (C=S) groups is 1. The molecule has 0 saturated carbocycles. The maximum absolute atomic E-state index is 11.5. The van der Waals surface area contributed by atoms with Crippen LogP contribution in [-0.2, 0) is 0 Å². The fraction of sp³-hybridized carbons (Fsp3) is 0.750. The first kappa shape index (κ1) is 9.23. The topological polar surface area (TPSA) is 0 Å². The number of alkyl halides is 3. The van der Waals surface area contributed by atoms with Crippen LogP contribution in [0.15, 0.2) is 0 Å². The van der Waals surface area contributed by atoms with Crippen molar-refractivity contribution in [3.05, 3.63) is 0 Å². The van der Waals surface area contributed by atoms with Gasteiger partial charge >= 0.3 is 6.18 Å². The molecule has 5 heteroatoms. The van der Waals surface area contributed by atoms with Crippen LogP contribution in [0.1, 0.15) is 6.92 Å². The van der Waals surface area contributed by atoms with Crippen LogP contribution >= 0.6 is 24.0 Å². The first-order valence-corrected chi connectivity index (χ1v) is 3.61. The molecular weight excluding hydrogens is 169 g/mol. The molecule has 0 aliphatic rings. The number of rotatable bonds is 1. The molecule has 0 fully saturated rings. The van der Waals surface area contributed by atoms with Crippen molar-refractivity contribution in [2.75, 3.05) is 5.75 Å². The molecule has 0 nitrogen and oxygen atoms in total. The maximum atomic E-state index is 11.5. The Morgan fingerprint density at radius 2 is 2.00 bits per heavy atom. The van der Waals surface area contributed by atoms with E-state index in [0.29, 0.717) is 17.5 Å². The molecule has 0 aliphatic carbocycles. The van der Waals surface area contributed by atoms with E-state index in [9.17, 15) is 13.2 Å². The predicted molar refractivity (Wildman–Crippen MR) is 36.8 cm³/mol. The Hall–Kier alpha value is 0.230. The van der Waals surface area contributed by atoms with Gasteiger partial charge < -0.3 is 0 Å². The van der Waals surface area contributed by atoms with Crippen LogP contribution in [0.4, 0.5) is 13.2 Å². The van der Waals surface area contributed by atoms with E-state index in [-0.39, 0.29) is 0 Å². The molecule has 0 aliphatic heterocycles. The van der Waals surface area contributed by atoms with Crippen molar-refractivity contribution >= 4 is 28.2 Å². The molecule has 0 saturated heterocycles. The zero-order valence-electron chi connectivity index (χ0n) is 4.66. The molecule has 0 unspecified atom stereocenters. The van der Waals surface area contributed by atoms with Gasteiger partial charge in [-0.2, -0.15) is 13.2 Å². The van der Waals surface area contributed by atoms with Gasteiger partial charge in [-0.25, -0.2) is 0 Å². The Morgan fingerprint density at radius 3 is 2.11 bits per heavy atom. The van der Waals surface area contributed by atoms with E-state index in [4.69, 9.17) is 0 Å². The van der Waals surface area contributed by atoms with Crippen molar-refractivity contribution in [2.45, 2.75) is 13.1 Å². The lowest BCUT2D eigenvalue weighted by Crippen LogP contribution is -2.17. The largest absolute Gasteiger partial charge is 0.432 e. The van der Waals surface area contributed by atoms with Crippen LogP contribution in [0.5, 0.6) is 0 Å². The van der Waals surface area contributed by atoms with E-state index in [0.717, 1.165) is 0 Å². The zero-order valence-corrected chi connectivity index (χ0v) is 6.29. The monoisotopic (exact) mass is 174 g/mol. The smallest absolute Gasteiger partial charge is 0.165 e. The van der Waals surface area contributed by atoms with Crippen LogP contribution in [0.25, 0.3) is 0 Å². The highest BCUT2D eigenvalue weighted by Crippen LogP contribution is 2.24. The standard InChI is InChI=1S/C4H5F3S2/c1-2-9-3(8)4(5,6)7/h2H2,1H3. The highest BCUT2D eigenvalue weighted by Gasteiger charge is 2.33. The van der Waals surface area contributed by atoms with Gasteiger partial charge in [0, 0.05) is 0 Å². The van der Waals surface area contributed by atoms with Crippen LogP contribution < -0.4 is 0 Å². The van der Waals surface area contributed by atoms with Gasteiger partial charge in [0.05, 0.1) is 0 Å². The van der Waals surface area contributed by atoms with Crippen LogP contribution in [-0.4, -0.2) is 16.1 Å². The summed E-state index contributed by atoms with van der Waals surface area (Å²) in [5.74, 6) is 0.373. The van der Waals surface area contributed by atoms with Crippen molar-refractivity contribution < 1.29 is 13.2 Å². The highest BCUT2D eigenvalue weighted by atomic mass is 32.2. The maximum Gasteiger partial charge on any atom is 0.432 e. The summed E-state index contributed by atoms with van der Waals surface area (Å²) in [7, 11) is 0. The lowest BCUT2D eigenvalue weighted by molar-refractivity contribution is -0.0532. The normalized spacial score (nSPS) is 11.6. The third kappa shape index (κ3) is 3.75. The molecule has 0 aromatic rings. The molecular formula is C4H5F3S2. The predicted octanol–water partition coefficient (Wildman–Crippen LogP) is 2.63. The summed E-state index contributed by atoms with van der Waals surface area (Å²) in [6.07, 6.45) is -4.30. The van der Waals surface area contributed by atoms with E-state index in [1.54, 1.807) is 6.92 Å². The van der Waals surface area contributed by atoms with Crippen LogP contribution in [0.2, 0.25) is 0 Å². The molecule has 0 amide bonds. The number of thioether (sulfide) groups is 1. The lowest BCUT2D eigenvalue weighted by Gasteiger charge is -2.04. The first-order valence-electron chi connectivity index (χ1n) is 2.22. The van der Waals surface area contributed by atoms with Gasteiger partial charge in [0.25, 0.3) is 0 Å². The molecule has 0 heterocycles. The third-order valence-corrected chi connectivity index (χ3v) is 1.87. The number of halogens is 3. The highest BCUT2D eigenvalue weighted by molar-refractivity contribution is 8.23. The van der Waals surface area contributed by atoms with Gasteiger partial charge in [0.15, 0.2) is 4.20 Å². The fourth-order valence-corrected chi connectivity index (χ4v) is 0.992. The van der Waals surface area contributed by atoms with Gasteiger partial charge in [0.1, 0.15) is 0 Å². The summed E-state index contributed by atoms with van der Waals surface area (Å²) in [6, 6.07) is 0. The summed E-state index contributed by atoms with van der Waals surface area (Å²) >= 11 is 4.67. The second kappa shape index (κ2) is 3.41. The quantitative estimate of drug-likeness (QED) is 0.560. The second-order valence-electron chi connectivity index (χ2n) is 1.22. The lowest BCUT2D eigenvalue weighted by atomic mass is 10.8. The number of hydrogen-bond acceptors (Lipinski definition) is 2. The Balaban J connectivity index is 3.74. The summed E-state index contributed by atoms with van der Waals surface area (Å²) in [5, 5.41) is 0. The molecule has 0 atom stereocenters. The van der Waals surface area contributed by atoms with Gasteiger partial charge in [0.2, 0.25) is 0 Å². The molecule has 0 rings (SSSR count). The summed E-state index contributed by atoms with van der Waals surface area (Å²) < 4.78 is 33.5. The zero-order chi connectivity index (χ0) is 7.49. The summed E-state index contributed by atoms with van der Waals surface area (Å²) in [6.45, 7) is 1.63. The molecule has 0 bridgehead atoms. The van der Waals surface area contributed by atoms with Crippen molar-refractivity contribution in [2.24, 2.45) is 0 Å². The Labute approximate surface area is 60.8 Å². The van der Waals surface area contributed by atoms with Gasteiger partial charge in [-0.05, 0) is 5.75 Å². The van der Waals surface area contributed by atoms with E-state index in [1.807, 2.05) is 0 Å². The minimum atomic E-state index is -4.30. The van der Waals surface area contributed by atoms with Crippen molar-refractivity contribution in [1.82, 2.24) is 0 Å². The van der Waals surface area contributed by atoms with E-state index >= 15 is 0 Å². The SMILES string of the molecule is CCSC(=S)C(F)(F)F. The van der Waals surface area contributed by atoms with Gasteiger partial charge in [-0.15, -0.1) is 11.8 Å². The molecule has 0 N–H and O–H groups in total. The summed E-state index contributed by atoms with van der Waals surface area (Å²) in [4.78, 5) is 0. The minimum absolute atomic E-state index is 0.373. The summed E-state index contributed by atoms with van der Waals surface area (Å²) in [5.41, 5.74) is 0. The first-order chi connectivity index (χ1) is 3.98. The molecule has 0 radical (unpaired) electrons. The average Bonchev–Trinajstić information content (AvgIpc) is 1.64.